The summed E-state index contributed by atoms with van der Waals surface area (Å²) >= 11 is 0. The van der Waals surface area contributed by atoms with Gasteiger partial charge in [0.05, 0.1) is 52.7 Å². The van der Waals surface area contributed by atoms with E-state index in [-0.39, 0.29) is 51.2 Å². The zero-order valence-electron chi connectivity index (χ0n) is 43.5. The zero-order valence-corrected chi connectivity index (χ0v) is 48.0. The quantitative estimate of drug-likeness (QED) is 0.0178. The van der Waals surface area contributed by atoms with Crippen molar-refractivity contribution in [3.8, 4) is 0 Å². The van der Waals surface area contributed by atoms with Gasteiger partial charge < -0.3 is 90.8 Å². The van der Waals surface area contributed by atoms with Crippen LogP contribution < -0.4 is 32.9 Å². The predicted octanol–water partition coefficient (Wildman–Crippen LogP) is -5.86. The van der Waals surface area contributed by atoms with Gasteiger partial charge in [-0.15, -0.1) is 0 Å². The molecule has 6 aromatic rings. The normalized spacial score (nSPS) is 28.5. The summed E-state index contributed by atoms with van der Waals surface area (Å²) in [5.41, 5.74) is 15.3. The molecule has 3 aliphatic rings. The van der Waals surface area contributed by atoms with E-state index in [1.165, 1.54) is 22.5 Å². The van der Waals surface area contributed by atoms with Crippen LogP contribution in [0.3, 0.4) is 0 Å². The molecule has 45 nitrogen and oxygen atoms in total. The number of nitrogens with one attached hydrogen (secondary N) is 2. The lowest BCUT2D eigenvalue weighted by atomic mass is 10.1. The topological polar surface area (TPSA) is 658 Å². The molecule has 3 fully saturated rings. The van der Waals surface area contributed by atoms with Gasteiger partial charge in [0, 0.05) is 7.11 Å². The summed E-state index contributed by atoms with van der Waals surface area (Å²) in [6, 6.07) is 0. The fourth-order valence-corrected chi connectivity index (χ4v) is 12.7. The Labute approximate surface area is 476 Å². The van der Waals surface area contributed by atoms with Gasteiger partial charge in [-0.05, 0) is 0 Å². The van der Waals surface area contributed by atoms with Crippen LogP contribution in [-0.2, 0) is 85.0 Å². The minimum Gasteiger partial charge on any atom is -0.387 e. The summed E-state index contributed by atoms with van der Waals surface area (Å²) in [4.78, 5) is 125. The monoisotopic (exact) mass is 1330 g/mol. The average molecular weight is 1330 g/mol. The third kappa shape index (κ3) is 14.5. The van der Waals surface area contributed by atoms with Gasteiger partial charge in [-0.25, -0.2) is 47.3 Å². The Kier molecular flexibility index (Phi) is 19.0. The van der Waals surface area contributed by atoms with Crippen molar-refractivity contribution in [1.82, 2.24) is 53.6 Å². The molecule has 19 N–H and O–H groups in total. The molecule has 50 heteroatoms. The number of imidazole rings is 3. The molecule has 3 saturated heterocycles. The van der Waals surface area contributed by atoms with Crippen molar-refractivity contribution in [2.24, 2.45) is 7.05 Å². The molecule has 3 aliphatic heterocycles. The van der Waals surface area contributed by atoms with Crippen LogP contribution in [0.25, 0.3) is 33.5 Å². The molecule has 0 aromatic carbocycles. The van der Waals surface area contributed by atoms with Crippen LogP contribution in [0.5, 0.6) is 0 Å². The molecular weight excluding hydrogens is 1280 g/mol. The first-order valence-electron chi connectivity index (χ1n) is 24.1. The number of phosphoric acid groups is 5. The molecule has 0 aliphatic carbocycles. The summed E-state index contributed by atoms with van der Waals surface area (Å²) in [5, 5.41) is 43.5. The first kappa shape index (κ1) is 65.3. The molecule has 17 atom stereocenters. The standard InChI is InChI=1S/C36H52N15O30P5/c1-48-11-51(29-19(48)31(57)47-36(39)45-29)33-23(55)21(53)14(77-33)5-73-84(64,65)71-3-12(79-82(58,59)60)13(80-83(61,62)63)4-72-85(66,67)74-7-16-24(25(70-2)34(78-16)49-9-42-17-26(37)40-8-41-27(17)49)81-86(68,69)75-6-15-20(52)22(54)32(76-15)50-10-43-18-28(50)44-35(38)46-30(18)56/h8-16,20-25,32-34,52-55H,3-7H2,1-2H3,(H14-,37,38,39,40,41,44,45,46,47,56,57,58,59,60,61,62,63,64,65,66,67,68,69)/p+1/t12?,13?,14-,15-,16-,20-,21-,22-,23-,24-,25-,32?,33?,34?/m1/s1. The Hall–Kier alpha value is -5.12. The Balaban J connectivity index is 0.875. The fourth-order valence-electron chi connectivity index (χ4n) is 9.14. The average Bonchev–Trinajstić information content (AvgIpc) is 4.03. The van der Waals surface area contributed by atoms with Crippen LogP contribution in [0.1, 0.15) is 18.7 Å². The second-order valence-electron chi connectivity index (χ2n) is 18.7. The van der Waals surface area contributed by atoms with E-state index in [0.717, 1.165) is 35.2 Å². The van der Waals surface area contributed by atoms with Crippen LogP contribution in [0, 0.1) is 0 Å². The lowest BCUT2D eigenvalue weighted by Crippen LogP contribution is -2.38. The molecule has 476 valence electrons. The maximum Gasteiger partial charge on any atom is 0.472 e. The molecule has 6 aromatic heterocycles. The van der Waals surface area contributed by atoms with E-state index in [0.29, 0.717) is 0 Å². The number of hydrogen-bond donors (Lipinski definition) is 16. The lowest BCUT2D eigenvalue weighted by molar-refractivity contribution is -0.646. The second-order valence-corrected chi connectivity index (χ2v) is 25.4. The van der Waals surface area contributed by atoms with E-state index >= 15 is 0 Å². The molecule has 8 unspecified atom stereocenters. The highest BCUT2D eigenvalue weighted by molar-refractivity contribution is 7.48. The maximum atomic E-state index is 13.8. The number of aryl methyl sites for hydroxylation is 1. The van der Waals surface area contributed by atoms with E-state index in [1.807, 2.05) is 0 Å². The van der Waals surface area contributed by atoms with Gasteiger partial charge >= 0.3 is 44.7 Å². The SMILES string of the molecule is CO[C@H]1C(n2cnc3c(N)ncnc32)O[C@H](COP(=O)(O)OCC(OP(=O)(O)O)C(COP(=O)(O)OC[C@H]2OC(n3c[n+](C)c4c(=O)[nH]c(N)nc43)[C@H](O)[C@@H]2O)OP(=O)(O)O)[C@H]1OP(=O)(O)OC[C@H]1OC(n2cnc3c(=O)[nH]c(N)nc32)[C@H](O)[C@@H]1O. The van der Waals surface area contributed by atoms with Gasteiger partial charge in [-0.1, -0.05) is 0 Å². The third-order valence-corrected chi connectivity index (χ3v) is 16.9. The van der Waals surface area contributed by atoms with Crippen molar-refractivity contribution < 1.29 is 137 Å². The maximum absolute atomic E-state index is 13.8. The Morgan fingerprint density at radius 1 is 0.593 bits per heavy atom. The molecule has 86 heavy (non-hydrogen) atoms. The Morgan fingerprint density at radius 3 is 1.62 bits per heavy atom. The molecular formula is C36H53N15O30P5+. The fraction of sp³-hybridized carbons (Fsp3) is 0.583. The Morgan fingerprint density at radius 2 is 1.07 bits per heavy atom. The molecule has 0 spiro atoms. The smallest absolute Gasteiger partial charge is 0.387 e. The number of nitrogens with two attached hydrogens (primary N) is 3. The first-order chi connectivity index (χ1) is 40.1. The van der Waals surface area contributed by atoms with Crippen LogP contribution in [0.4, 0.5) is 17.7 Å². The van der Waals surface area contributed by atoms with Gasteiger partial charge in [0.15, 0.2) is 35.1 Å². The van der Waals surface area contributed by atoms with Crippen LogP contribution >= 0.6 is 39.1 Å². The van der Waals surface area contributed by atoms with Crippen LogP contribution in [0.2, 0.25) is 0 Å². The van der Waals surface area contributed by atoms with Crippen molar-refractivity contribution >= 4 is 90.3 Å². The van der Waals surface area contributed by atoms with Gasteiger partial charge in [-0.3, -0.25) is 64.9 Å². The molecule has 0 saturated carbocycles. The summed E-state index contributed by atoms with van der Waals surface area (Å²) in [6.07, 6.45) is -21.5. The van der Waals surface area contributed by atoms with Crippen molar-refractivity contribution in [3.05, 3.63) is 46.0 Å². The van der Waals surface area contributed by atoms with E-state index in [4.69, 9.17) is 63.3 Å². The molecule has 0 radical (unpaired) electrons. The van der Waals surface area contributed by atoms with Crippen LogP contribution in [0.15, 0.2) is 34.9 Å². The van der Waals surface area contributed by atoms with E-state index in [1.54, 1.807) is 0 Å². The molecule has 9 rings (SSSR count). The number of nitrogens with zero attached hydrogens (tertiary/aromatic N) is 10. The number of rotatable bonds is 26. The van der Waals surface area contributed by atoms with Gasteiger partial charge in [0.25, 0.3) is 16.7 Å². The third-order valence-electron chi connectivity index (χ3n) is 12.9. The first-order valence-corrected chi connectivity index (χ1v) is 31.7. The summed E-state index contributed by atoms with van der Waals surface area (Å²) in [7, 11) is -26.1. The van der Waals surface area contributed by atoms with Gasteiger partial charge in [-0.2, -0.15) is 14.5 Å². The number of methoxy groups -OCH3 is 1. The van der Waals surface area contributed by atoms with Crippen molar-refractivity contribution in [1.29, 1.82) is 0 Å². The number of aromatic nitrogens is 12. The van der Waals surface area contributed by atoms with E-state index in [9.17, 15) is 87.1 Å². The lowest BCUT2D eigenvalue weighted by Gasteiger charge is -2.28. The van der Waals surface area contributed by atoms with Crippen molar-refractivity contribution in [2.75, 3.05) is 57.3 Å². The van der Waals surface area contributed by atoms with Crippen LogP contribution in [-0.4, -0.2) is 216 Å². The number of nitrogen functional groups attached to an aromatic ring is 3. The Bertz CT molecular complexity index is 3840. The number of H-pyrrole nitrogens is 2. The number of ether oxygens (including phenoxy) is 4. The highest BCUT2D eigenvalue weighted by Gasteiger charge is 2.53. The number of aliphatic hydroxyl groups excluding tert-OH is 4. The molecule has 9 heterocycles. The highest BCUT2D eigenvalue weighted by atomic mass is 31.2. The highest BCUT2D eigenvalue weighted by Crippen LogP contribution is 2.53. The summed E-state index contributed by atoms with van der Waals surface area (Å²) in [5.74, 6) is -0.788. The van der Waals surface area contributed by atoms with Crippen molar-refractivity contribution in [3.63, 3.8) is 0 Å². The molecule has 0 amide bonds. The van der Waals surface area contributed by atoms with E-state index < -0.39 is 169 Å². The number of anilines is 3. The summed E-state index contributed by atoms with van der Waals surface area (Å²) in [6.45, 7) is -6.67. The minimum atomic E-state index is -5.89. The number of hydrogen-bond acceptors (Lipinski definition) is 32. The van der Waals surface area contributed by atoms with E-state index in [2.05, 4.69) is 48.9 Å². The molecule has 0 bridgehead atoms. The number of phosphoric ester groups is 5. The number of aliphatic hydroxyl groups is 4. The predicted molar refractivity (Wildman–Crippen MR) is 273 cm³/mol. The second kappa shape index (κ2) is 25.0. The van der Waals surface area contributed by atoms with Gasteiger partial charge in [0.2, 0.25) is 24.5 Å². The van der Waals surface area contributed by atoms with Crippen molar-refractivity contribution in [2.45, 2.75) is 85.8 Å². The number of aromatic amines is 2. The number of fused-ring (bicyclic) bond motifs is 3. The van der Waals surface area contributed by atoms with Gasteiger partial charge in [0.1, 0.15) is 79.0 Å². The minimum absolute atomic E-state index is 0.0155. The zero-order chi connectivity index (χ0) is 62.7. The summed E-state index contributed by atoms with van der Waals surface area (Å²) < 4.78 is 132. The largest absolute Gasteiger partial charge is 0.472 e.